The van der Waals surface area contributed by atoms with Gasteiger partial charge in [-0.05, 0) is 41.4 Å². The first-order chi connectivity index (χ1) is 10.4. The van der Waals surface area contributed by atoms with Crippen LogP contribution < -0.4 is 10.6 Å². The SMILES string of the molecule is C[C@](O)(CNC(=O)Nc1cccc(C(F)F)c1)c1ccsc1. The van der Waals surface area contributed by atoms with Gasteiger partial charge in [0.15, 0.2) is 0 Å². The van der Waals surface area contributed by atoms with Gasteiger partial charge in [-0.2, -0.15) is 11.3 Å². The summed E-state index contributed by atoms with van der Waals surface area (Å²) in [5.74, 6) is 0. The molecule has 1 heterocycles. The minimum Gasteiger partial charge on any atom is -0.384 e. The van der Waals surface area contributed by atoms with Gasteiger partial charge in [0.25, 0.3) is 6.43 Å². The molecule has 1 aromatic carbocycles. The van der Waals surface area contributed by atoms with E-state index in [1.807, 2.05) is 5.38 Å². The second-order valence-corrected chi connectivity index (χ2v) is 5.80. The van der Waals surface area contributed by atoms with Gasteiger partial charge in [-0.3, -0.25) is 0 Å². The summed E-state index contributed by atoms with van der Waals surface area (Å²) < 4.78 is 25.2. The number of anilines is 1. The number of rotatable bonds is 5. The maximum atomic E-state index is 12.6. The quantitative estimate of drug-likeness (QED) is 0.784. The Morgan fingerprint density at radius 3 is 2.82 bits per heavy atom. The second-order valence-electron chi connectivity index (χ2n) is 5.02. The van der Waals surface area contributed by atoms with Crippen LogP contribution in [0.1, 0.15) is 24.5 Å². The molecule has 0 fully saturated rings. The van der Waals surface area contributed by atoms with Crippen molar-refractivity contribution in [2.45, 2.75) is 19.0 Å². The van der Waals surface area contributed by atoms with Crippen molar-refractivity contribution in [1.82, 2.24) is 5.32 Å². The highest BCUT2D eigenvalue weighted by Crippen LogP contribution is 2.23. The van der Waals surface area contributed by atoms with Crippen LogP contribution in [-0.2, 0) is 5.60 Å². The molecule has 0 saturated heterocycles. The molecular formula is C15H16F2N2O2S. The summed E-state index contributed by atoms with van der Waals surface area (Å²) in [4.78, 5) is 11.8. The van der Waals surface area contributed by atoms with E-state index >= 15 is 0 Å². The Morgan fingerprint density at radius 1 is 1.41 bits per heavy atom. The molecule has 0 bridgehead atoms. The molecule has 0 aliphatic heterocycles. The van der Waals surface area contributed by atoms with Crippen LogP contribution >= 0.6 is 11.3 Å². The number of halogens is 2. The number of amides is 2. The van der Waals surface area contributed by atoms with Crippen molar-refractivity contribution in [2.24, 2.45) is 0 Å². The minimum atomic E-state index is -2.59. The van der Waals surface area contributed by atoms with Gasteiger partial charge in [-0.1, -0.05) is 12.1 Å². The molecule has 22 heavy (non-hydrogen) atoms. The van der Waals surface area contributed by atoms with Gasteiger partial charge in [0.1, 0.15) is 5.60 Å². The van der Waals surface area contributed by atoms with E-state index in [4.69, 9.17) is 0 Å². The van der Waals surface area contributed by atoms with E-state index in [1.165, 1.54) is 35.6 Å². The fraction of sp³-hybridized carbons (Fsp3) is 0.267. The monoisotopic (exact) mass is 326 g/mol. The smallest absolute Gasteiger partial charge is 0.319 e. The highest BCUT2D eigenvalue weighted by Gasteiger charge is 2.24. The molecule has 3 N–H and O–H groups in total. The van der Waals surface area contributed by atoms with Gasteiger partial charge in [-0.25, -0.2) is 13.6 Å². The molecule has 118 valence electrons. The Bertz CT molecular complexity index is 630. The Hall–Kier alpha value is -1.99. The minimum absolute atomic E-state index is 0.00407. The summed E-state index contributed by atoms with van der Waals surface area (Å²) in [6.07, 6.45) is -2.59. The molecule has 2 rings (SSSR count). The van der Waals surface area contributed by atoms with Crippen LogP contribution in [0.2, 0.25) is 0 Å². The molecule has 1 aromatic heterocycles. The lowest BCUT2D eigenvalue weighted by atomic mass is 9.99. The van der Waals surface area contributed by atoms with Gasteiger partial charge in [0.05, 0.1) is 6.54 Å². The third-order valence-electron chi connectivity index (χ3n) is 3.13. The van der Waals surface area contributed by atoms with Gasteiger partial charge in [0.2, 0.25) is 0 Å². The lowest BCUT2D eigenvalue weighted by Gasteiger charge is -2.22. The molecule has 4 nitrogen and oxygen atoms in total. The first-order valence-electron chi connectivity index (χ1n) is 6.56. The number of carbonyl (C=O) groups excluding carboxylic acids is 1. The summed E-state index contributed by atoms with van der Waals surface area (Å²) in [5.41, 5.74) is -0.381. The van der Waals surface area contributed by atoms with Crippen molar-refractivity contribution in [1.29, 1.82) is 0 Å². The number of carbonyl (C=O) groups is 1. The van der Waals surface area contributed by atoms with Crippen LogP contribution in [-0.4, -0.2) is 17.7 Å². The van der Waals surface area contributed by atoms with Crippen molar-refractivity contribution in [3.63, 3.8) is 0 Å². The predicted octanol–water partition coefficient (Wildman–Crippen LogP) is 3.71. The molecule has 1 atom stereocenters. The molecule has 0 saturated carbocycles. The molecule has 0 radical (unpaired) electrons. The van der Waals surface area contributed by atoms with Gasteiger partial charge >= 0.3 is 6.03 Å². The number of nitrogens with one attached hydrogen (secondary N) is 2. The van der Waals surface area contributed by atoms with Crippen molar-refractivity contribution in [2.75, 3.05) is 11.9 Å². The van der Waals surface area contributed by atoms with Gasteiger partial charge in [0, 0.05) is 11.3 Å². The Labute approximate surface area is 130 Å². The predicted molar refractivity (Wildman–Crippen MR) is 82.3 cm³/mol. The standard InChI is InChI=1S/C15H16F2N2O2S/c1-15(21,11-5-6-22-8-11)9-18-14(20)19-12-4-2-3-10(7-12)13(16)17/h2-8,13,21H,9H2,1H3,(H2,18,19,20)/t15-/m0/s1. The fourth-order valence-corrected chi connectivity index (χ4v) is 2.64. The van der Waals surface area contributed by atoms with Crippen LogP contribution in [0, 0.1) is 0 Å². The summed E-state index contributed by atoms with van der Waals surface area (Å²) in [5, 5.41) is 18.9. The lowest BCUT2D eigenvalue weighted by molar-refractivity contribution is 0.0604. The third kappa shape index (κ3) is 4.25. The Kier molecular flexibility index (Phi) is 5.10. The number of hydrogen-bond acceptors (Lipinski definition) is 3. The number of hydrogen-bond donors (Lipinski definition) is 3. The lowest BCUT2D eigenvalue weighted by Crippen LogP contribution is -2.40. The van der Waals surface area contributed by atoms with E-state index in [9.17, 15) is 18.7 Å². The summed E-state index contributed by atoms with van der Waals surface area (Å²) in [6, 6.07) is 6.66. The van der Waals surface area contributed by atoms with Gasteiger partial charge < -0.3 is 15.7 Å². The van der Waals surface area contributed by atoms with E-state index in [0.717, 1.165) is 0 Å². The molecule has 2 amide bonds. The zero-order valence-corrected chi connectivity index (χ0v) is 12.7. The van der Waals surface area contributed by atoms with E-state index in [1.54, 1.807) is 18.4 Å². The maximum Gasteiger partial charge on any atom is 0.319 e. The average molecular weight is 326 g/mol. The number of benzene rings is 1. The van der Waals surface area contributed by atoms with E-state index in [0.29, 0.717) is 5.56 Å². The second kappa shape index (κ2) is 6.85. The van der Waals surface area contributed by atoms with Crippen LogP contribution in [0.25, 0.3) is 0 Å². The number of urea groups is 1. The van der Waals surface area contributed by atoms with Crippen molar-refractivity contribution >= 4 is 23.1 Å². The topological polar surface area (TPSA) is 61.4 Å². The maximum absolute atomic E-state index is 12.6. The Morgan fingerprint density at radius 2 is 2.18 bits per heavy atom. The molecule has 0 spiro atoms. The third-order valence-corrected chi connectivity index (χ3v) is 3.82. The van der Waals surface area contributed by atoms with Gasteiger partial charge in [-0.15, -0.1) is 0 Å². The average Bonchev–Trinajstić information content (AvgIpc) is 3.00. The van der Waals surface area contributed by atoms with E-state index in [-0.39, 0.29) is 17.8 Å². The zero-order valence-electron chi connectivity index (χ0n) is 11.8. The number of thiophene rings is 1. The molecule has 0 aliphatic rings. The van der Waals surface area contributed by atoms with E-state index < -0.39 is 18.1 Å². The molecule has 0 aliphatic carbocycles. The summed E-state index contributed by atoms with van der Waals surface area (Å²) in [6.45, 7) is 1.59. The highest BCUT2D eigenvalue weighted by molar-refractivity contribution is 7.08. The van der Waals surface area contributed by atoms with Crippen LogP contribution in [0.4, 0.5) is 19.3 Å². The summed E-state index contributed by atoms with van der Waals surface area (Å²) >= 11 is 1.45. The zero-order chi connectivity index (χ0) is 16.2. The molecule has 0 unspecified atom stereocenters. The number of alkyl halides is 2. The van der Waals surface area contributed by atoms with Crippen molar-refractivity contribution in [3.8, 4) is 0 Å². The van der Waals surface area contributed by atoms with Crippen LogP contribution in [0.5, 0.6) is 0 Å². The molecular weight excluding hydrogens is 310 g/mol. The Balaban J connectivity index is 1.92. The summed E-state index contributed by atoms with van der Waals surface area (Å²) in [7, 11) is 0. The first-order valence-corrected chi connectivity index (χ1v) is 7.51. The first kappa shape index (κ1) is 16.4. The number of aliphatic hydroxyl groups is 1. The highest BCUT2D eigenvalue weighted by atomic mass is 32.1. The van der Waals surface area contributed by atoms with Crippen molar-refractivity contribution in [3.05, 3.63) is 52.2 Å². The normalized spacial score (nSPS) is 13.7. The van der Waals surface area contributed by atoms with Crippen molar-refractivity contribution < 1.29 is 18.7 Å². The molecule has 7 heteroatoms. The largest absolute Gasteiger partial charge is 0.384 e. The van der Waals surface area contributed by atoms with Crippen LogP contribution in [0.3, 0.4) is 0 Å². The fourth-order valence-electron chi connectivity index (χ4n) is 1.85. The van der Waals surface area contributed by atoms with Crippen LogP contribution in [0.15, 0.2) is 41.1 Å². The van der Waals surface area contributed by atoms with E-state index in [2.05, 4.69) is 10.6 Å². The molecule has 2 aromatic rings.